The Morgan fingerprint density at radius 2 is 2.00 bits per heavy atom. The van der Waals surface area contributed by atoms with Crippen LogP contribution in [0, 0.1) is 11.3 Å². The van der Waals surface area contributed by atoms with Gasteiger partial charge in [0, 0.05) is 0 Å². The summed E-state index contributed by atoms with van der Waals surface area (Å²) >= 11 is 1.51. The van der Waals surface area contributed by atoms with Gasteiger partial charge >= 0.3 is 0 Å². The van der Waals surface area contributed by atoms with Gasteiger partial charge in [0.1, 0.15) is 16.9 Å². The van der Waals surface area contributed by atoms with Gasteiger partial charge in [-0.05, 0) is 23.3 Å². The number of amides is 1. The fourth-order valence-corrected chi connectivity index (χ4v) is 3.67. The van der Waals surface area contributed by atoms with Crippen LogP contribution < -0.4 is 5.32 Å². The molecule has 2 heterocycles. The van der Waals surface area contributed by atoms with Gasteiger partial charge in [-0.25, -0.2) is 9.97 Å². The molecule has 0 unspecified atom stereocenters. The third kappa shape index (κ3) is 3.83. The predicted molar refractivity (Wildman–Crippen MR) is 102 cm³/mol. The van der Waals surface area contributed by atoms with E-state index in [1.165, 1.54) is 11.3 Å². The lowest BCUT2D eigenvalue weighted by atomic mass is 10.1. The van der Waals surface area contributed by atoms with Gasteiger partial charge in [-0.1, -0.05) is 36.4 Å². The molecule has 2 aromatic carbocycles. The number of nitrogens with one attached hydrogen (secondary N) is 2. The Hall–Kier alpha value is -3.57. The minimum atomic E-state index is -0.160. The number of carbonyl (C=O) groups excluding carboxylic acids is 1. The van der Waals surface area contributed by atoms with Gasteiger partial charge in [0.15, 0.2) is 0 Å². The van der Waals surface area contributed by atoms with Gasteiger partial charge in [-0.2, -0.15) is 5.26 Å². The Kier molecular flexibility index (Phi) is 4.60. The van der Waals surface area contributed by atoms with Crippen LogP contribution in [0.3, 0.4) is 0 Å². The zero-order chi connectivity index (χ0) is 18.6. The van der Waals surface area contributed by atoms with E-state index < -0.39 is 0 Å². The van der Waals surface area contributed by atoms with Crippen molar-refractivity contribution in [2.24, 2.45) is 0 Å². The van der Waals surface area contributed by atoms with Gasteiger partial charge in [-0.15, -0.1) is 16.4 Å². The molecule has 4 aromatic rings. The van der Waals surface area contributed by atoms with Crippen LogP contribution >= 0.6 is 11.3 Å². The number of thiazole rings is 1. The molecule has 7 nitrogen and oxygen atoms in total. The lowest BCUT2D eigenvalue weighted by molar-refractivity contribution is -0.120. The van der Waals surface area contributed by atoms with Crippen molar-refractivity contribution >= 4 is 27.5 Å². The summed E-state index contributed by atoms with van der Waals surface area (Å²) in [6.07, 6.45) is 0.194. The second-order valence-electron chi connectivity index (χ2n) is 5.83. The summed E-state index contributed by atoms with van der Waals surface area (Å²) in [6, 6.07) is 18.1. The standard InChI is InChI=1S/C19H14N6OS/c20-10-16-23-17(25-24-16)11-21-18(26)9-19-22-14-7-6-13(8-15(14)27-19)12-4-2-1-3-5-12/h1-8H,9,11H2,(H,21,26)(H,23,24,25). The average Bonchev–Trinajstić information content (AvgIpc) is 3.32. The summed E-state index contributed by atoms with van der Waals surface area (Å²) in [4.78, 5) is 20.6. The maximum atomic E-state index is 12.2. The van der Waals surface area contributed by atoms with Crippen LogP contribution in [-0.4, -0.2) is 26.1 Å². The monoisotopic (exact) mass is 374 g/mol. The van der Waals surface area contributed by atoms with Gasteiger partial charge < -0.3 is 5.32 Å². The van der Waals surface area contributed by atoms with Gasteiger partial charge in [0.2, 0.25) is 5.91 Å². The molecule has 2 aromatic heterocycles. The van der Waals surface area contributed by atoms with Crippen molar-refractivity contribution in [3.63, 3.8) is 0 Å². The molecule has 0 atom stereocenters. The Labute approximate surface area is 158 Å². The van der Waals surface area contributed by atoms with Crippen LogP contribution in [0.1, 0.15) is 16.7 Å². The number of rotatable bonds is 5. The van der Waals surface area contributed by atoms with Crippen molar-refractivity contribution in [3.8, 4) is 17.2 Å². The van der Waals surface area contributed by atoms with Crippen LogP contribution in [0.4, 0.5) is 0 Å². The molecule has 27 heavy (non-hydrogen) atoms. The molecule has 2 N–H and O–H groups in total. The number of fused-ring (bicyclic) bond motifs is 1. The van der Waals surface area contributed by atoms with Crippen LogP contribution in [0.25, 0.3) is 21.3 Å². The molecule has 0 bridgehead atoms. The fraction of sp³-hybridized carbons (Fsp3) is 0.105. The van der Waals surface area contributed by atoms with Crippen molar-refractivity contribution in [2.75, 3.05) is 0 Å². The summed E-state index contributed by atoms with van der Waals surface area (Å²) in [7, 11) is 0. The van der Waals surface area contributed by atoms with Crippen LogP contribution in [0.2, 0.25) is 0 Å². The van der Waals surface area contributed by atoms with Gasteiger partial charge in [-0.3, -0.25) is 9.89 Å². The molecule has 8 heteroatoms. The molecular formula is C19H14N6OS. The third-order valence-electron chi connectivity index (χ3n) is 3.94. The molecule has 0 aliphatic carbocycles. The third-order valence-corrected chi connectivity index (χ3v) is 4.95. The first-order valence-electron chi connectivity index (χ1n) is 8.24. The van der Waals surface area contributed by atoms with Crippen molar-refractivity contribution in [1.82, 2.24) is 25.5 Å². The van der Waals surface area contributed by atoms with E-state index in [4.69, 9.17) is 5.26 Å². The van der Waals surface area contributed by atoms with Crippen molar-refractivity contribution in [2.45, 2.75) is 13.0 Å². The molecule has 0 radical (unpaired) electrons. The summed E-state index contributed by atoms with van der Waals surface area (Å²) < 4.78 is 1.05. The summed E-state index contributed by atoms with van der Waals surface area (Å²) in [5, 5.41) is 18.5. The Morgan fingerprint density at radius 1 is 1.15 bits per heavy atom. The Morgan fingerprint density at radius 3 is 2.78 bits per heavy atom. The predicted octanol–water partition coefficient (Wildman–Crippen LogP) is 2.81. The van der Waals surface area contributed by atoms with E-state index in [1.807, 2.05) is 36.4 Å². The number of benzene rings is 2. The number of nitrogens with zero attached hydrogens (tertiary/aromatic N) is 4. The van der Waals surface area contributed by atoms with Gasteiger partial charge in [0.05, 0.1) is 23.2 Å². The molecule has 0 fully saturated rings. The highest BCUT2D eigenvalue weighted by Gasteiger charge is 2.11. The lowest BCUT2D eigenvalue weighted by Gasteiger charge is -2.00. The van der Waals surface area contributed by atoms with Gasteiger partial charge in [0.25, 0.3) is 5.82 Å². The van der Waals surface area contributed by atoms with Crippen molar-refractivity contribution in [3.05, 3.63) is 65.2 Å². The first-order chi connectivity index (χ1) is 13.2. The maximum Gasteiger partial charge on any atom is 0.252 e. The zero-order valence-electron chi connectivity index (χ0n) is 14.1. The quantitative estimate of drug-likeness (QED) is 0.558. The van der Waals surface area contributed by atoms with E-state index in [1.54, 1.807) is 0 Å². The van der Waals surface area contributed by atoms with E-state index in [2.05, 4.69) is 43.7 Å². The smallest absolute Gasteiger partial charge is 0.252 e. The first kappa shape index (κ1) is 16.9. The van der Waals surface area contributed by atoms with E-state index in [0.717, 1.165) is 26.4 Å². The minimum absolute atomic E-state index is 0.0552. The second-order valence-corrected chi connectivity index (χ2v) is 6.94. The molecule has 0 saturated heterocycles. The fourth-order valence-electron chi connectivity index (χ4n) is 2.66. The molecule has 0 spiro atoms. The highest BCUT2D eigenvalue weighted by atomic mass is 32.1. The molecular weight excluding hydrogens is 360 g/mol. The van der Waals surface area contributed by atoms with E-state index >= 15 is 0 Å². The number of hydrogen-bond donors (Lipinski definition) is 2. The molecule has 0 saturated carbocycles. The van der Waals surface area contributed by atoms with Crippen LogP contribution in [-0.2, 0) is 17.8 Å². The maximum absolute atomic E-state index is 12.2. The van der Waals surface area contributed by atoms with E-state index in [9.17, 15) is 4.79 Å². The first-order valence-corrected chi connectivity index (χ1v) is 9.06. The minimum Gasteiger partial charge on any atom is -0.348 e. The van der Waals surface area contributed by atoms with Crippen LogP contribution in [0.5, 0.6) is 0 Å². The summed E-state index contributed by atoms with van der Waals surface area (Å²) in [5.41, 5.74) is 3.16. The molecule has 1 amide bonds. The molecule has 0 aliphatic rings. The number of H-pyrrole nitrogens is 1. The number of aromatic nitrogens is 4. The summed E-state index contributed by atoms with van der Waals surface area (Å²) in [5.74, 6) is 0.337. The molecule has 4 rings (SSSR count). The Bertz CT molecular complexity index is 1140. The molecule has 0 aliphatic heterocycles. The topological polar surface area (TPSA) is 107 Å². The van der Waals surface area contributed by atoms with E-state index in [0.29, 0.717) is 5.82 Å². The number of nitriles is 1. The Balaban J connectivity index is 1.44. The SMILES string of the molecule is N#Cc1n[nH]c(CNC(=O)Cc2nc3ccc(-c4ccccc4)cc3s2)n1. The highest BCUT2D eigenvalue weighted by molar-refractivity contribution is 7.18. The zero-order valence-corrected chi connectivity index (χ0v) is 15.0. The number of hydrogen-bond acceptors (Lipinski definition) is 6. The lowest BCUT2D eigenvalue weighted by Crippen LogP contribution is -2.25. The number of aromatic amines is 1. The summed E-state index contributed by atoms with van der Waals surface area (Å²) in [6.45, 7) is 0.191. The average molecular weight is 374 g/mol. The van der Waals surface area contributed by atoms with Crippen molar-refractivity contribution < 1.29 is 4.79 Å². The largest absolute Gasteiger partial charge is 0.348 e. The highest BCUT2D eigenvalue weighted by Crippen LogP contribution is 2.28. The van der Waals surface area contributed by atoms with Crippen molar-refractivity contribution in [1.29, 1.82) is 5.26 Å². The normalized spacial score (nSPS) is 10.6. The molecule has 132 valence electrons. The van der Waals surface area contributed by atoms with E-state index in [-0.39, 0.29) is 24.7 Å². The van der Waals surface area contributed by atoms with Crippen LogP contribution in [0.15, 0.2) is 48.5 Å². The second kappa shape index (κ2) is 7.35. The number of carbonyl (C=O) groups is 1.